The largest absolute Gasteiger partial charge is 0.269 e. The summed E-state index contributed by atoms with van der Waals surface area (Å²) in [5.41, 5.74) is 5.80. The second-order valence-electron chi connectivity index (χ2n) is 8.66. The third kappa shape index (κ3) is 3.77. The monoisotopic (exact) mass is 505 g/mol. The van der Waals surface area contributed by atoms with Gasteiger partial charge in [0.25, 0.3) is 5.69 Å². The van der Waals surface area contributed by atoms with Crippen molar-refractivity contribution in [3.63, 3.8) is 0 Å². The van der Waals surface area contributed by atoms with Gasteiger partial charge in [0.2, 0.25) is 4.99 Å². The van der Waals surface area contributed by atoms with Crippen LogP contribution in [-0.4, -0.2) is 15.7 Å². The van der Waals surface area contributed by atoms with Crippen LogP contribution in [0.1, 0.15) is 30.0 Å². The van der Waals surface area contributed by atoms with Gasteiger partial charge in [-0.1, -0.05) is 79.7 Å². The third-order valence-corrected chi connectivity index (χ3v) is 7.84. The fourth-order valence-corrected chi connectivity index (χ4v) is 6.14. The fraction of sp³-hybridized carbons (Fsp3) is 0.103. The third-order valence-electron chi connectivity index (χ3n) is 6.48. The molecule has 0 N–H and O–H groups in total. The molecule has 182 valence electrons. The van der Waals surface area contributed by atoms with E-state index in [1.54, 1.807) is 23.9 Å². The van der Waals surface area contributed by atoms with Crippen LogP contribution in [0.15, 0.2) is 119 Å². The lowest BCUT2D eigenvalue weighted by Crippen LogP contribution is -2.53. The Morgan fingerprint density at radius 1 is 0.784 bits per heavy atom. The Bertz CT molecular complexity index is 1520. The van der Waals surface area contributed by atoms with Crippen molar-refractivity contribution in [3.05, 3.63) is 136 Å². The van der Waals surface area contributed by atoms with Crippen molar-refractivity contribution in [3.8, 4) is 0 Å². The Labute approximate surface area is 218 Å². The van der Waals surface area contributed by atoms with E-state index in [9.17, 15) is 10.1 Å². The first-order chi connectivity index (χ1) is 18.1. The van der Waals surface area contributed by atoms with E-state index >= 15 is 0 Å². The van der Waals surface area contributed by atoms with Crippen molar-refractivity contribution in [1.29, 1.82) is 0 Å². The topological polar surface area (TPSA) is 74.3 Å². The summed E-state index contributed by atoms with van der Waals surface area (Å²) in [4.78, 5) is 10.1. The number of nitrogens with zero attached hydrogens (tertiary/aromatic N) is 5. The molecule has 2 heterocycles. The van der Waals surface area contributed by atoms with Gasteiger partial charge in [0.05, 0.1) is 22.0 Å². The van der Waals surface area contributed by atoms with E-state index in [1.165, 1.54) is 12.1 Å². The van der Waals surface area contributed by atoms with Gasteiger partial charge < -0.3 is 0 Å². The van der Waals surface area contributed by atoms with E-state index in [2.05, 4.69) is 19.1 Å². The van der Waals surface area contributed by atoms with Crippen LogP contribution < -0.4 is 10.0 Å². The molecule has 1 atom stereocenters. The summed E-state index contributed by atoms with van der Waals surface area (Å²) in [7, 11) is 0. The number of rotatable bonds is 5. The smallest absolute Gasteiger partial charge is 0.258 e. The summed E-state index contributed by atoms with van der Waals surface area (Å²) in [5.74, 6) is 0. The van der Waals surface area contributed by atoms with E-state index < -0.39 is 4.99 Å². The Morgan fingerprint density at radius 2 is 1.38 bits per heavy atom. The number of fused-ring (bicyclic) bond motifs is 2. The molecule has 1 spiro atoms. The van der Waals surface area contributed by atoms with Crippen LogP contribution in [0, 0.1) is 10.1 Å². The summed E-state index contributed by atoms with van der Waals surface area (Å²) in [6.07, 6.45) is 0.769. The normalized spacial score (nSPS) is 18.4. The second-order valence-corrected chi connectivity index (χ2v) is 9.82. The summed E-state index contributed by atoms with van der Waals surface area (Å²) >= 11 is 1.62. The van der Waals surface area contributed by atoms with Gasteiger partial charge in [-0.2, -0.15) is 10.2 Å². The molecule has 2 aliphatic rings. The molecular weight excluding hydrogens is 482 g/mol. The molecule has 6 rings (SSSR count). The van der Waals surface area contributed by atoms with Crippen molar-refractivity contribution < 1.29 is 4.92 Å². The maximum atomic E-state index is 11.4. The highest BCUT2D eigenvalue weighted by molar-refractivity contribution is 8.15. The Morgan fingerprint density at radius 3 is 2.05 bits per heavy atom. The predicted molar refractivity (Wildman–Crippen MR) is 150 cm³/mol. The fourth-order valence-electron chi connectivity index (χ4n) is 4.74. The van der Waals surface area contributed by atoms with Gasteiger partial charge in [0.15, 0.2) is 0 Å². The number of hydrogen-bond donors (Lipinski definition) is 0. The lowest BCUT2D eigenvalue weighted by atomic mass is 9.96. The van der Waals surface area contributed by atoms with Crippen LogP contribution >= 0.6 is 11.8 Å². The van der Waals surface area contributed by atoms with Crippen molar-refractivity contribution in [2.24, 2.45) is 10.2 Å². The van der Waals surface area contributed by atoms with Gasteiger partial charge in [-0.3, -0.25) is 10.1 Å². The first kappa shape index (κ1) is 23.0. The molecule has 7 nitrogen and oxygen atoms in total. The van der Waals surface area contributed by atoms with E-state index in [4.69, 9.17) is 10.2 Å². The number of non-ortho nitro benzene ring substituents is 1. The molecular formula is C29H23N5O2S. The minimum absolute atomic E-state index is 0.0344. The van der Waals surface area contributed by atoms with Crippen LogP contribution in [0.5, 0.6) is 0 Å². The number of anilines is 2. The average molecular weight is 506 g/mol. The van der Waals surface area contributed by atoms with Crippen LogP contribution in [-0.2, 0) is 4.99 Å². The Balaban J connectivity index is 1.62. The molecule has 2 aliphatic heterocycles. The second kappa shape index (κ2) is 9.22. The Hall–Kier alpha value is -4.43. The number of benzene rings is 4. The highest BCUT2D eigenvalue weighted by atomic mass is 32.2. The molecule has 4 aromatic rings. The molecule has 0 saturated heterocycles. The molecule has 0 amide bonds. The van der Waals surface area contributed by atoms with Gasteiger partial charge in [0, 0.05) is 28.8 Å². The molecule has 0 unspecified atom stereocenters. The van der Waals surface area contributed by atoms with Gasteiger partial charge >= 0.3 is 0 Å². The molecule has 0 bridgehead atoms. The number of para-hydroxylation sites is 1. The minimum atomic E-state index is -0.891. The number of nitro benzene ring substituents is 1. The maximum Gasteiger partial charge on any atom is 0.269 e. The summed E-state index contributed by atoms with van der Waals surface area (Å²) in [5, 5.41) is 26.5. The van der Waals surface area contributed by atoms with Crippen molar-refractivity contribution in [2.45, 2.75) is 18.3 Å². The van der Waals surface area contributed by atoms with Crippen molar-refractivity contribution in [2.75, 3.05) is 10.0 Å². The average Bonchev–Trinajstić information content (AvgIpc) is 3.35. The standard InChI is InChI=1S/C29H23N5O2S/c1-2-27-25-15-9-10-16-26(25)29(32(30-27)22-13-7-4-8-14-22)33(23-17-19-24(20-18-23)34(35)36)31-28(37-29)21-11-5-3-6-12-21/h3-20H,2H2,1H3/t29-/m1/s1. The van der Waals surface area contributed by atoms with Crippen molar-refractivity contribution >= 4 is 39.6 Å². The summed E-state index contributed by atoms with van der Waals surface area (Å²) < 4.78 is 0. The first-order valence-corrected chi connectivity index (χ1v) is 12.8. The zero-order chi connectivity index (χ0) is 25.4. The molecule has 8 heteroatoms. The first-order valence-electron chi connectivity index (χ1n) is 12.0. The van der Waals surface area contributed by atoms with E-state index in [1.807, 2.05) is 82.8 Å². The summed E-state index contributed by atoms with van der Waals surface area (Å²) in [6.45, 7) is 2.11. The van der Waals surface area contributed by atoms with Gasteiger partial charge in [-0.05, 0) is 42.4 Å². The number of hydrogen-bond acceptors (Lipinski definition) is 7. The number of hydrazone groups is 2. The van der Waals surface area contributed by atoms with Crippen LogP contribution in [0.25, 0.3) is 0 Å². The number of nitro groups is 1. The quantitative estimate of drug-likeness (QED) is 0.217. The lowest BCUT2D eigenvalue weighted by molar-refractivity contribution is -0.384. The Kier molecular flexibility index (Phi) is 5.73. The molecule has 0 fully saturated rings. The molecule has 0 saturated carbocycles. The highest BCUT2D eigenvalue weighted by Gasteiger charge is 2.55. The molecule has 4 aromatic carbocycles. The molecule has 0 aliphatic carbocycles. The SMILES string of the molecule is CCC1=NN(c2ccccc2)[C@]2(SC(c3ccccc3)=NN2c2ccc([N+](=O)[O-])cc2)c2ccccc21. The minimum Gasteiger partial charge on any atom is -0.258 e. The van der Waals surface area contributed by atoms with Crippen molar-refractivity contribution in [1.82, 2.24) is 0 Å². The zero-order valence-corrected chi connectivity index (χ0v) is 20.9. The molecule has 0 aromatic heterocycles. The summed E-state index contributed by atoms with van der Waals surface area (Å²) in [6, 6.07) is 35.0. The highest BCUT2D eigenvalue weighted by Crippen LogP contribution is 2.55. The predicted octanol–water partition coefficient (Wildman–Crippen LogP) is 6.95. The molecule has 37 heavy (non-hydrogen) atoms. The zero-order valence-electron chi connectivity index (χ0n) is 20.1. The van der Waals surface area contributed by atoms with E-state index in [0.29, 0.717) is 0 Å². The number of thioether (sulfide) groups is 1. The van der Waals surface area contributed by atoms with Crippen LogP contribution in [0.4, 0.5) is 17.1 Å². The van der Waals surface area contributed by atoms with Crippen LogP contribution in [0.2, 0.25) is 0 Å². The maximum absolute atomic E-state index is 11.4. The van der Waals surface area contributed by atoms with Gasteiger partial charge in [0.1, 0.15) is 5.04 Å². The van der Waals surface area contributed by atoms with Crippen LogP contribution in [0.3, 0.4) is 0 Å². The lowest BCUT2D eigenvalue weighted by Gasteiger charge is -2.47. The molecule has 0 radical (unpaired) electrons. The van der Waals surface area contributed by atoms with Gasteiger partial charge in [-0.15, -0.1) is 0 Å². The van der Waals surface area contributed by atoms with E-state index in [-0.39, 0.29) is 10.6 Å². The van der Waals surface area contributed by atoms with Gasteiger partial charge in [-0.25, -0.2) is 10.0 Å². The van der Waals surface area contributed by atoms with E-state index in [0.717, 1.165) is 45.2 Å².